The molecule has 0 aromatic heterocycles. The van der Waals surface area contributed by atoms with Crippen molar-refractivity contribution in [1.29, 1.82) is 0 Å². The monoisotopic (exact) mass is 704 g/mol. The first-order valence-electron chi connectivity index (χ1n) is 15.8. The molecule has 1 N–H and O–H groups in total. The zero-order chi connectivity index (χ0) is 35.8. The highest BCUT2D eigenvalue weighted by Gasteiger charge is 2.45. The smallest absolute Gasteiger partial charge is 0.342 e. The molecule has 2 aromatic rings. The first kappa shape index (κ1) is 38.0. The van der Waals surface area contributed by atoms with Gasteiger partial charge in [0.25, 0.3) is 10.1 Å². The highest BCUT2D eigenvalue weighted by atomic mass is 32.2. The molecular weight excluding hydrogens is 660 g/mol. The van der Waals surface area contributed by atoms with Crippen LogP contribution in [0.5, 0.6) is 11.5 Å². The van der Waals surface area contributed by atoms with Gasteiger partial charge in [0.1, 0.15) is 48.1 Å². The van der Waals surface area contributed by atoms with Crippen molar-refractivity contribution in [3.05, 3.63) is 77.4 Å². The largest absolute Gasteiger partial charge is 0.491 e. The average molecular weight is 705 g/mol. The number of aliphatic hydroxyl groups excluding tert-OH is 1. The Morgan fingerprint density at radius 2 is 1.80 bits per heavy atom. The molecule has 3 unspecified atom stereocenters. The van der Waals surface area contributed by atoms with Crippen LogP contribution in [0.2, 0.25) is 0 Å². The number of hydrogen-bond acceptors (Lipinski definition) is 13. The lowest BCUT2D eigenvalue weighted by Gasteiger charge is -2.26. The maximum Gasteiger partial charge on any atom is 0.342 e. The molecule has 2 aliphatic heterocycles. The third-order valence-corrected chi connectivity index (χ3v) is 8.23. The van der Waals surface area contributed by atoms with Crippen molar-refractivity contribution < 1.29 is 60.5 Å². The van der Waals surface area contributed by atoms with Crippen LogP contribution in [0, 0.1) is 5.92 Å². The average Bonchev–Trinajstić information content (AvgIpc) is 3.36. The van der Waals surface area contributed by atoms with E-state index in [9.17, 15) is 23.1 Å². The van der Waals surface area contributed by atoms with Crippen molar-refractivity contribution in [2.24, 2.45) is 5.92 Å². The Kier molecular flexibility index (Phi) is 13.0. The predicted molar refractivity (Wildman–Crippen MR) is 178 cm³/mol. The Morgan fingerprint density at radius 1 is 1.06 bits per heavy atom. The molecule has 14 heteroatoms. The fraction of sp³-hybridized carbons (Fsp3) is 0.486. The Hall–Kier alpha value is -3.79. The molecule has 4 rings (SSSR count). The van der Waals surface area contributed by atoms with Gasteiger partial charge in [0, 0.05) is 19.1 Å². The zero-order valence-corrected chi connectivity index (χ0v) is 29.2. The van der Waals surface area contributed by atoms with Crippen LogP contribution < -0.4 is 9.47 Å². The summed E-state index contributed by atoms with van der Waals surface area (Å²) in [6.45, 7) is 6.15. The molecule has 1 fully saturated rings. The Morgan fingerprint density at radius 3 is 2.49 bits per heavy atom. The van der Waals surface area contributed by atoms with Crippen LogP contribution in [0.1, 0.15) is 60.4 Å². The van der Waals surface area contributed by atoms with E-state index in [1.165, 1.54) is 13.2 Å². The number of esters is 2. The maximum atomic E-state index is 13.7. The van der Waals surface area contributed by atoms with Gasteiger partial charge >= 0.3 is 11.9 Å². The second-order valence-corrected chi connectivity index (χ2v) is 13.9. The molecule has 0 radical (unpaired) electrons. The minimum atomic E-state index is -3.76. The van der Waals surface area contributed by atoms with Crippen molar-refractivity contribution in [3.8, 4) is 11.5 Å². The number of carbonyl (C=O) groups is 2. The van der Waals surface area contributed by atoms with Crippen LogP contribution in [0.4, 0.5) is 0 Å². The molecule has 2 aromatic carbocycles. The lowest BCUT2D eigenvalue weighted by atomic mass is 9.98. The van der Waals surface area contributed by atoms with E-state index in [4.69, 9.17) is 33.2 Å². The topological polar surface area (TPSA) is 162 Å². The second kappa shape index (κ2) is 16.7. The summed E-state index contributed by atoms with van der Waals surface area (Å²) in [4.78, 5) is 26.9. The number of hydrogen-bond donors (Lipinski definition) is 1. The highest BCUT2D eigenvalue weighted by Crippen LogP contribution is 2.36. The van der Waals surface area contributed by atoms with Gasteiger partial charge in [-0.25, -0.2) is 9.59 Å². The van der Waals surface area contributed by atoms with E-state index < -0.39 is 65.0 Å². The minimum Gasteiger partial charge on any atom is -0.491 e. The number of benzene rings is 2. The molecule has 2 heterocycles. The highest BCUT2D eigenvalue weighted by molar-refractivity contribution is 7.85. The van der Waals surface area contributed by atoms with E-state index >= 15 is 0 Å². The quantitative estimate of drug-likeness (QED) is 0.153. The molecule has 1 saturated heterocycles. The van der Waals surface area contributed by atoms with Gasteiger partial charge in [0.15, 0.2) is 12.6 Å². The fourth-order valence-corrected chi connectivity index (χ4v) is 5.54. The molecule has 0 spiro atoms. The molecule has 13 nitrogen and oxygen atoms in total. The molecule has 0 saturated carbocycles. The number of carbonyl (C=O) groups excluding carboxylic acids is 2. The molecule has 2 aliphatic rings. The maximum absolute atomic E-state index is 13.7. The fourth-order valence-electron chi connectivity index (χ4n) is 5.13. The van der Waals surface area contributed by atoms with Gasteiger partial charge < -0.3 is 38.3 Å². The van der Waals surface area contributed by atoms with E-state index in [1.54, 1.807) is 69.3 Å². The van der Waals surface area contributed by atoms with E-state index in [1.807, 2.05) is 19.1 Å². The van der Waals surface area contributed by atoms with Crippen molar-refractivity contribution in [1.82, 2.24) is 0 Å². The summed E-state index contributed by atoms with van der Waals surface area (Å²) in [6, 6.07) is 11.7. The zero-order valence-electron chi connectivity index (χ0n) is 28.4. The number of rotatable bonds is 11. The van der Waals surface area contributed by atoms with Crippen molar-refractivity contribution in [2.75, 3.05) is 33.4 Å². The normalized spacial score (nSPS) is 25.2. The molecule has 268 valence electrons. The van der Waals surface area contributed by atoms with Crippen LogP contribution in [0.3, 0.4) is 0 Å². The van der Waals surface area contributed by atoms with Gasteiger partial charge in [0.2, 0.25) is 0 Å². The van der Waals surface area contributed by atoms with Crippen molar-refractivity contribution >= 4 is 28.1 Å². The van der Waals surface area contributed by atoms with Crippen LogP contribution in [-0.2, 0) is 38.0 Å². The molecule has 0 bridgehead atoms. The summed E-state index contributed by atoms with van der Waals surface area (Å²) in [5.74, 6) is -2.19. The third-order valence-electron chi connectivity index (χ3n) is 7.66. The minimum absolute atomic E-state index is 0.0979. The van der Waals surface area contributed by atoms with Crippen molar-refractivity contribution in [2.45, 2.75) is 70.4 Å². The summed E-state index contributed by atoms with van der Waals surface area (Å²) in [5, 5.41) is 10.2. The summed E-state index contributed by atoms with van der Waals surface area (Å²) in [7, 11) is -2.34. The van der Waals surface area contributed by atoms with Gasteiger partial charge in [0.05, 0.1) is 24.5 Å². The summed E-state index contributed by atoms with van der Waals surface area (Å²) < 4.78 is 68.3. The Balaban J connectivity index is 1.70. The number of aliphatic hydroxyl groups is 1. The van der Waals surface area contributed by atoms with Gasteiger partial charge in [-0.3, -0.25) is 4.18 Å². The van der Waals surface area contributed by atoms with E-state index in [-0.39, 0.29) is 36.4 Å². The van der Waals surface area contributed by atoms with Crippen LogP contribution in [0.15, 0.2) is 60.7 Å². The SMILES string of the molecule is COCOc1cc(OCC(O)COS(C)(=O)=O)cc2c1C(=O)O[C@@H](C)[C@H](C)/C=C\C(OC(=O)c1ccccc1)[C@H]1OC(C)(C)OC1CC=C2. The molecule has 49 heavy (non-hydrogen) atoms. The van der Waals surface area contributed by atoms with E-state index in [0.717, 1.165) is 6.26 Å². The van der Waals surface area contributed by atoms with Crippen molar-refractivity contribution in [3.63, 3.8) is 0 Å². The standard InChI is InChI=1S/C35H44O13S/c1-22-15-16-28(46-33(37)24-11-8-7-9-12-24)32-29(47-35(3,4)48-32)14-10-13-25-17-27(42-19-26(36)20-44-49(6,39)40)18-30(43-21-41-5)31(25)34(38)45-23(22)2/h7-13,15-18,22-23,26,28-29,32,36H,14,19-21H2,1-6H3/b13-10?,16-15-/t22-,23+,26?,28?,29?,32-/m1/s1. The van der Waals surface area contributed by atoms with Gasteiger partial charge in [-0.15, -0.1) is 0 Å². The van der Waals surface area contributed by atoms with Crippen LogP contribution in [0.25, 0.3) is 6.08 Å². The Labute approximate surface area is 286 Å². The number of fused-ring (bicyclic) bond motifs is 2. The van der Waals surface area contributed by atoms with Gasteiger partial charge in [-0.2, -0.15) is 8.42 Å². The number of ether oxygens (including phenoxy) is 7. The summed E-state index contributed by atoms with van der Waals surface area (Å²) >= 11 is 0. The summed E-state index contributed by atoms with van der Waals surface area (Å²) in [5.41, 5.74) is 0.860. The van der Waals surface area contributed by atoms with Gasteiger partial charge in [-0.05, 0) is 57.0 Å². The van der Waals surface area contributed by atoms with E-state index in [2.05, 4.69) is 4.18 Å². The summed E-state index contributed by atoms with van der Waals surface area (Å²) in [6.07, 6.45) is 4.23. The van der Waals surface area contributed by atoms with Crippen LogP contribution >= 0.6 is 0 Å². The molecule has 0 amide bonds. The van der Waals surface area contributed by atoms with Crippen LogP contribution in [-0.4, -0.2) is 95.1 Å². The Bertz CT molecular complexity index is 1600. The van der Waals surface area contributed by atoms with E-state index in [0.29, 0.717) is 17.5 Å². The number of cyclic esters (lactones) is 1. The molecule has 0 aliphatic carbocycles. The first-order chi connectivity index (χ1) is 23.2. The second-order valence-electron chi connectivity index (χ2n) is 12.3. The molecular formula is C35H44O13S. The third kappa shape index (κ3) is 11.1. The first-order valence-corrected chi connectivity index (χ1v) is 17.6. The number of methoxy groups -OCH3 is 1. The molecule has 6 atom stereocenters. The van der Waals surface area contributed by atoms with Gasteiger partial charge in [-0.1, -0.05) is 43.4 Å². The lowest BCUT2D eigenvalue weighted by Crippen LogP contribution is -2.37. The predicted octanol–water partition coefficient (Wildman–Crippen LogP) is 4.29. The lowest BCUT2D eigenvalue weighted by molar-refractivity contribution is -0.152.